The number of alkyl halides is 6. The molecular formula is C31H29F6N7O3. The van der Waals surface area contributed by atoms with Gasteiger partial charge in [-0.2, -0.15) is 26.3 Å². The predicted molar refractivity (Wildman–Crippen MR) is 157 cm³/mol. The first kappa shape index (κ1) is 33.4. The van der Waals surface area contributed by atoms with Crippen LogP contribution in [-0.2, 0) is 19.3 Å². The van der Waals surface area contributed by atoms with Gasteiger partial charge in [0.1, 0.15) is 11.4 Å². The Kier molecular flexibility index (Phi) is 9.79. The van der Waals surface area contributed by atoms with E-state index in [0.717, 1.165) is 29.8 Å². The summed E-state index contributed by atoms with van der Waals surface area (Å²) in [5, 5.41) is 10.7. The number of halogens is 6. The second-order valence-electron chi connectivity index (χ2n) is 10.9. The van der Waals surface area contributed by atoms with Crippen LogP contribution in [0.1, 0.15) is 43.4 Å². The first-order valence-electron chi connectivity index (χ1n) is 14.4. The summed E-state index contributed by atoms with van der Waals surface area (Å²) in [7, 11) is 0. The number of carbonyl (C=O) groups is 2. The van der Waals surface area contributed by atoms with Crippen molar-refractivity contribution in [2.45, 2.75) is 32.4 Å². The number of hydrogen-bond donors (Lipinski definition) is 1. The van der Waals surface area contributed by atoms with Crippen molar-refractivity contribution >= 4 is 17.5 Å². The number of ether oxygens (including phenoxy) is 1. The van der Waals surface area contributed by atoms with Crippen LogP contribution in [-0.4, -0.2) is 80.6 Å². The molecule has 1 aliphatic heterocycles. The average Bonchev–Trinajstić information content (AvgIpc) is 3.39. The van der Waals surface area contributed by atoms with Gasteiger partial charge in [0.05, 0.1) is 17.8 Å². The summed E-state index contributed by atoms with van der Waals surface area (Å²) in [6, 6.07) is 13.6. The lowest BCUT2D eigenvalue weighted by Gasteiger charge is -2.34. The number of hydrogen-bond acceptors (Lipinski definition) is 7. The maximum absolute atomic E-state index is 13.2. The fourth-order valence-corrected chi connectivity index (χ4v) is 4.84. The van der Waals surface area contributed by atoms with Gasteiger partial charge in [0.15, 0.2) is 12.3 Å². The molecule has 10 nitrogen and oxygen atoms in total. The molecule has 0 bridgehead atoms. The van der Waals surface area contributed by atoms with Crippen molar-refractivity contribution in [1.29, 1.82) is 0 Å². The number of nitrogens with one attached hydrogen (secondary N) is 1. The van der Waals surface area contributed by atoms with E-state index in [0.29, 0.717) is 44.0 Å². The Bertz CT molecular complexity index is 1680. The predicted octanol–water partition coefficient (Wildman–Crippen LogP) is 5.20. The highest BCUT2D eigenvalue weighted by atomic mass is 19.4. The van der Waals surface area contributed by atoms with Gasteiger partial charge in [-0.25, -0.2) is 4.68 Å². The summed E-state index contributed by atoms with van der Waals surface area (Å²) in [5.41, 5.74) is 1.78. The van der Waals surface area contributed by atoms with E-state index in [1.54, 1.807) is 34.7 Å². The van der Waals surface area contributed by atoms with Crippen molar-refractivity contribution in [2.75, 3.05) is 38.1 Å². The van der Waals surface area contributed by atoms with Crippen molar-refractivity contribution in [3.8, 4) is 5.75 Å². The van der Waals surface area contributed by atoms with E-state index < -0.39 is 30.4 Å². The molecule has 2 amide bonds. The summed E-state index contributed by atoms with van der Waals surface area (Å²) >= 11 is 0. The van der Waals surface area contributed by atoms with E-state index in [4.69, 9.17) is 4.74 Å². The van der Waals surface area contributed by atoms with Crippen molar-refractivity contribution in [3.63, 3.8) is 0 Å². The zero-order valence-electron chi connectivity index (χ0n) is 25.0. The molecule has 0 saturated carbocycles. The van der Waals surface area contributed by atoms with Crippen LogP contribution in [0.25, 0.3) is 0 Å². The van der Waals surface area contributed by atoms with Crippen LogP contribution in [0.15, 0.2) is 66.9 Å². The lowest BCUT2D eigenvalue weighted by molar-refractivity contribution is -0.153. The van der Waals surface area contributed by atoms with Gasteiger partial charge in [-0.3, -0.25) is 19.5 Å². The van der Waals surface area contributed by atoms with E-state index in [-0.39, 0.29) is 35.3 Å². The van der Waals surface area contributed by atoms with E-state index in [9.17, 15) is 35.9 Å². The standard InChI is InChI=1S/C31H29F6N7O3/c1-20-27(29(46)43-14-12-42(13-15-43)17-21-2-9-25(10-3-21)47-19-30(32,33)34)40-41-44(20)18-22-4-11-26(38-16-22)28(45)39-24-7-5-23(6-8-24)31(35,36)37/h2-11,16H,12-15,17-19H2,1H3,(H,39,45). The SMILES string of the molecule is Cc1c(C(=O)N2CCN(Cc3ccc(OCC(F)(F)F)cc3)CC2)nnn1Cc1ccc(C(=O)Nc2ccc(C(F)(F)F)cc2)nc1. The van der Waals surface area contributed by atoms with Crippen LogP contribution in [0.4, 0.5) is 32.0 Å². The zero-order chi connectivity index (χ0) is 33.8. The van der Waals surface area contributed by atoms with E-state index in [1.807, 2.05) is 0 Å². The molecule has 0 aliphatic carbocycles. The van der Waals surface area contributed by atoms with Crippen LogP contribution in [0, 0.1) is 6.92 Å². The largest absolute Gasteiger partial charge is 0.484 e. The van der Waals surface area contributed by atoms with Crippen molar-refractivity contribution in [1.82, 2.24) is 29.8 Å². The number of pyridine rings is 1. The summed E-state index contributed by atoms with van der Waals surface area (Å²) in [6.07, 6.45) is -7.41. The van der Waals surface area contributed by atoms with E-state index in [1.165, 1.54) is 24.4 Å². The summed E-state index contributed by atoms with van der Waals surface area (Å²) in [4.78, 5) is 33.7. The Morgan fingerprint density at radius 2 is 1.51 bits per heavy atom. The molecule has 0 unspecified atom stereocenters. The molecule has 3 heterocycles. The topological polar surface area (TPSA) is 105 Å². The Morgan fingerprint density at radius 1 is 0.851 bits per heavy atom. The van der Waals surface area contributed by atoms with Gasteiger partial charge in [0, 0.05) is 44.6 Å². The smallest absolute Gasteiger partial charge is 0.422 e. The number of carbonyl (C=O) groups excluding carboxylic acids is 2. The van der Waals surface area contributed by atoms with Gasteiger partial charge >= 0.3 is 12.4 Å². The minimum Gasteiger partial charge on any atom is -0.484 e. The van der Waals surface area contributed by atoms with Gasteiger partial charge in [0.25, 0.3) is 11.8 Å². The quantitative estimate of drug-likeness (QED) is 0.246. The van der Waals surface area contributed by atoms with Crippen LogP contribution >= 0.6 is 0 Å². The third-order valence-electron chi connectivity index (χ3n) is 7.44. The highest BCUT2D eigenvalue weighted by Gasteiger charge is 2.30. The molecule has 248 valence electrons. The Balaban J connectivity index is 1.10. The van der Waals surface area contributed by atoms with Gasteiger partial charge in [0.2, 0.25) is 0 Å². The Labute approximate surface area is 264 Å². The third-order valence-corrected chi connectivity index (χ3v) is 7.44. The molecule has 1 aliphatic rings. The number of aromatic nitrogens is 4. The van der Waals surface area contributed by atoms with Crippen LogP contribution in [0.3, 0.4) is 0 Å². The van der Waals surface area contributed by atoms with Crippen LogP contribution in [0.2, 0.25) is 0 Å². The molecule has 1 saturated heterocycles. The fraction of sp³-hybridized carbons (Fsp3) is 0.323. The lowest BCUT2D eigenvalue weighted by atomic mass is 10.2. The van der Waals surface area contributed by atoms with Gasteiger partial charge in [-0.05, 0) is 60.5 Å². The second-order valence-corrected chi connectivity index (χ2v) is 10.9. The normalized spacial score (nSPS) is 14.2. The first-order chi connectivity index (χ1) is 22.2. The molecule has 47 heavy (non-hydrogen) atoms. The van der Waals surface area contributed by atoms with Gasteiger partial charge in [-0.1, -0.05) is 23.4 Å². The number of nitrogens with zero attached hydrogens (tertiary/aromatic N) is 6. The lowest BCUT2D eigenvalue weighted by Crippen LogP contribution is -2.48. The summed E-state index contributed by atoms with van der Waals surface area (Å²) < 4.78 is 81.6. The Morgan fingerprint density at radius 3 is 2.11 bits per heavy atom. The van der Waals surface area contributed by atoms with Crippen LogP contribution < -0.4 is 10.1 Å². The number of rotatable bonds is 9. The highest BCUT2D eigenvalue weighted by Crippen LogP contribution is 2.30. The molecule has 5 rings (SSSR count). The number of amides is 2. The molecule has 16 heteroatoms. The maximum Gasteiger partial charge on any atom is 0.422 e. The van der Waals surface area contributed by atoms with Gasteiger partial charge in [-0.15, -0.1) is 5.10 Å². The molecule has 2 aromatic carbocycles. The fourth-order valence-electron chi connectivity index (χ4n) is 4.84. The number of benzene rings is 2. The first-order valence-corrected chi connectivity index (χ1v) is 14.4. The van der Waals surface area contributed by atoms with E-state index in [2.05, 4.69) is 25.5 Å². The summed E-state index contributed by atoms with van der Waals surface area (Å²) in [5.74, 6) is -0.707. The maximum atomic E-state index is 13.2. The average molecular weight is 662 g/mol. The van der Waals surface area contributed by atoms with Crippen molar-refractivity contribution in [2.24, 2.45) is 0 Å². The molecule has 0 atom stereocenters. The Hall–Kier alpha value is -4.99. The molecule has 0 radical (unpaired) electrons. The second kappa shape index (κ2) is 13.8. The molecule has 4 aromatic rings. The van der Waals surface area contributed by atoms with Crippen molar-refractivity contribution in [3.05, 3.63) is 101 Å². The molecule has 0 spiro atoms. The molecule has 1 N–H and O–H groups in total. The molecule has 2 aromatic heterocycles. The molecule has 1 fully saturated rings. The third kappa shape index (κ3) is 8.84. The van der Waals surface area contributed by atoms with E-state index >= 15 is 0 Å². The minimum atomic E-state index is -4.48. The van der Waals surface area contributed by atoms with Gasteiger partial charge < -0.3 is 15.0 Å². The number of anilines is 1. The highest BCUT2D eigenvalue weighted by molar-refractivity contribution is 6.02. The van der Waals surface area contributed by atoms with Crippen LogP contribution in [0.5, 0.6) is 5.75 Å². The molecular weight excluding hydrogens is 632 g/mol. The zero-order valence-corrected chi connectivity index (χ0v) is 25.0. The number of piperazine rings is 1. The van der Waals surface area contributed by atoms with Crippen molar-refractivity contribution < 1.29 is 40.7 Å². The minimum absolute atomic E-state index is 0.0610. The summed E-state index contributed by atoms with van der Waals surface area (Å²) in [6.45, 7) is 3.28. The monoisotopic (exact) mass is 661 g/mol.